The van der Waals surface area contributed by atoms with Gasteiger partial charge >= 0.3 is 0 Å². The van der Waals surface area contributed by atoms with Gasteiger partial charge in [0.1, 0.15) is 0 Å². The Hall–Kier alpha value is -5.80. The summed E-state index contributed by atoms with van der Waals surface area (Å²) in [4.78, 5) is 0. The van der Waals surface area contributed by atoms with E-state index in [2.05, 4.69) is 186 Å². The lowest BCUT2D eigenvalue weighted by Gasteiger charge is -2.35. The lowest BCUT2D eigenvalue weighted by Crippen LogP contribution is -2.27. The molecular weight excluding hydrogens is 571 g/mol. The summed E-state index contributed by atoms with van der Waals surface area (Å²) < 4.78 is 5.05. The zero-order valence-corrected chi connectivity index (χ0v) is 26.6. The smallest absolute Gasteiger partial charge is 0.0626 e. The molecule has 1 N–H and O–H groups in total. The first kappa shape index (κ1) is 27.5. The fraction of sp³-hybridized carbons (Fsp3) is 0.0909. The number of allylic oxidation sites excluding steroid dienone is 4. The maximum atomic E-state index is 4.04. The Bertz CT molecular complexity index is 2420. The van der Waals surface area contributed by atoms with Crippen LogP contribution in [0.2, 0.25) is 0 Å². The van der Waals surface area contributed by atoms with Gasteiger partial charge in [-0.1, -0.05) is 128 Å². The van der Waals surface area contributed by atoms with Crippen LogP contribution < -0.4 is 5.32 Å². The molecule has 0 radical (unpaired) electrons. The molecule has 47 heavy (non-hydrogen) atoms. The molecule has 2 unspecified atom stereocenters. The number of benzene rings is 6. The predicted molar refractivity (Wildman–Crippen MR) is 200 cm³/mol. The number of aromatic nitrogens is 2. The van der Waals surface area contributed by atoms with Gasteiger partial charge in [-0.15, -0.1) is 0 Å². The normalized spacial score (nSPS) is 16.8. The molecule has 3 heteroatoms. The number of anilines is 1. The standard InChI is InChI=1S/C44H35N3/c1-29-42(46-38-24-12-7-19-33(38)34-20-8-13-25-39(34)46)28-43(47-40-26-14-9-21-35(40)36-22-10-15-27-41(36)47)30(2)44(29)45-37-23-11-6-18-32(37)31-16-4-3-5-17-31/h3-29,42,45H,1-2H3. The van der Waals surface area contributed by atoms with Crippen molar-refractivity contribution < 1.29 is 0 Å². The van der Waals surface area contributed by atoms with Crippen molar-refractivity contribution >= 4 is 55.0 Å². The first-order chi connectivity index (χ1) is 23.2. The maximum Gasteiger partial charge on any atom is 0.0626 e. The number of rotatable bonds is 5. The first-order valence-electron chi connectivity index (χ1n) is 16.5. The van der Waals surface area contributed by atoms with Crippen LogP contribution in [-0.2, 0) is 0 Å². The molecular formula is C44H35N3. The van der Waals surface area contributed by atoms with Gasteiger partial charge in [-0.2, -0.15) is 0 Å². The molecule has 0 amide bonds. The summed E-state index contributed by atoms with van der Waals surface area (Å²) in [5, 5.41) is 9.16. The van der Waals surface area contributed by atoms with Crippen molar-refractivity contribution in [1.82, 2.24) is 9.13 Å². The van der Waals surface area contributed by atoms with Crippen molar-refractivity contribution in [2.75, 3.05) is 5.32 Å². The second-order valence-electron chi connectivity index (χ2n) is 12.7. The Balaban J connectivity index is 1.32. The Morgan fingerprint density at radius 3 is 1.57 bits per heavy atom. The largest absolute Gasteiger partial charge is 0.358 e. The molecule has 1 aliphatic rings. The summed E-state index contributed by atoms with van der Waals surface area (Å²) in [5.41, 5.74) is 12.2. The highest BCUT2D eigenvalue weighted by atomic mass is 15.1. The van der Waals surface area contributed by atoms with Crippen molar-refractivity contribution in [3.8, 4) is 11.1 Å². The molecule has 0 aliphatic heterocycles. The van der Waals surface area contributed by atoms with E-state index in [-0.39, 0.29) is 12.0 Å². The predicted octanol–water partition coefficient (Wildman–Crippen LogP) is 11.7. The van der Waals surface area contributed by atoms with Gasteiger partial charge in [-0.25, -0.2) is 0 Å². The van der Waals surface area contributed by atoms with Crippen LogP contribution in [0.5, 0.6) is 0 Å². The van der Waals surface area contributed by atoms with Crippen LogP contribution in [0, 0.1) is 5.92 Å². The lowest BCUT2D eigenvalue weighted by molar-refractivity contribution is 0.485. The van der Waals surface area contributed by atoms with E-state index < -0.39 is 0 Å². The summed E-state index contributed by atoms with van der Waals surface area (Å²) in [7, 11) is 0. The van der Waals surface area contributed by atoms with Crippen LogP contribution in [0.1, 0.15) is 19.9 Å². The highest BCUT2D eigenvalue weighted by molar-refractivity contribution is 6.11. The van der Waals surface area contributed by atoms with Gasteiger partial charge < -0.3 is 14.5 Å². The Morgan fingerprint density at radius 2 is 0.979 bits per heavy atom. The van der Waals surface area contributed by atoms with Crippen molar-refractivity contribution in [3.63, 3.8) is 0 Å². The molecule has 0 spiro atoms. The summed E-state index contributed by atoms with van der Waals surface area (Å²) >= 11 is 0. The molecule has 226 valence electrons. The van der Waals surface area contributed by atoms with E-state index >= 15 is 0 Å². The van der Waals surface area contributed by atoms with Gasteiger partial charge in [0.25, 0.3) is 0 Å². The van der Waals surface area contributed by atoms with E-state index in [1.54, 1.807) is 0 Å². The highest BCUT2D eigenvalue weighted by Gasteiger charge is 2.32. The molecule has 0 saturated heterocycles. The highest BCUT2D eigenvalue weighted by Crippen LogP contribution is 2.46. The summed E-state index contributed by atoms with van der Waals surface area (Å²) in [5.74, 6) is 0.162. The Labute approximate surface area is 274 Å². The van der Waals surface area contributed by atoms with Gasteiger partial charge in [-0.3, -0.25) is 0 Å². The maximum absolute atomic E-state index is 4.04. The average Bonchev–Trinajstić information content (AvgIpc) is 3.64. The number of nitrogens with zero attached hydrogens (tertiary/aromatic N) is 2. The number of para-hydroxylation sites is 5. The minimum absolute atomic E-state index is 0.0600. The van der Waals surface area contributed by atoms with Crippen LogP contribution in [0.15, 0.2) is 169 Å². The second-order valence-corrected chi connectivity index (χ2v) is 12.7. The second kappa shape index (κ2) is 10.9. The third-order valence-corrected chi connectivity index (χ3v) is 10.1. The van der Waals surface area contributed by atoms with Crippen LogP contribution in [0.3, 0.4) is 0 Å². The first-order valence-corrected chi connectivity index (χ1v) is 16.5. The number of nitrogens with one attached hydrogen (secondary N) is 1. The van der Waals surface area contributed by atoms with Crippen molar-refractivity contribution in [3.05, 3.63) is 169 Å². The fourth-order valence-electron chi connectivity index (χ4n) is 7.89. The van der Waals surface area contributed by atoms with Gasteiger partial charge in [0, 0.05) is 61.1 Å². The molecule has 0 saturated carbocycles. The van der Waals surface area contributed by atoms with Crippen LogP contribution in [0.4, 0.5) is 5.69 Å². The minimum Gasteiger partial charge on any atom is -0.358 e. The lowest BCUT2D eigenvalue weighted by atomic mass is 9.86. The van der Waals surface area contributed by atoms with Gasteiger partial charge in [0.05, 0.1) is 17.1 Å². The molecule has 2 aromatic heterocycles. The molecule has 3 nitrogen and oxygen atoms in total. The quantitative estimate of drug-likeness (QED) is 0.207. The van der Waals surface area contributed by atoms with Crippen LogP contribution >= 0.6 is 0 Å². The van der Waals surface area contributed by atoms with E-state index in [1.807, 2.05) is 0 Å². The van der Waals surface area contributed by atoms with E-state index in [1.165, 1.54) is 71.7 Å². The van der Waals surface area contributed by atoms with E-state index in [4.69, 9.17) is 0 Å². The fourth-order valence-corrected chi connectivity index (χ4v) is 7.89. The Morgan fingerprint density at radius 1 is 0.511 bits per heavy atom. The van der Waals surface area contributed by atoms with Crippen LogP contribution in [-0.4, -0.2) is 9.13 Å². The van der Waals surface area contributed by atoms with Gasteiger partial charge in [0.2, 0.25) is 0 Å². The SMILES string of the molecule is CC1=C(Nc2ccccc2-c2ccccc2)C(C)C(n2c3ccccc3c3ccccc32)C=C1n1c2ccccc2c2ccccc21. The number of fused-ring (bicyclic) bond motifs is 6. The zero-order valence-electron chi connectivity index (χ0n) is 26.6. The van der Waals surface area contributed by atoms with Gasteiger partial charge in [-0.05, 0) is 54.5 Å². The Kier molecular flexibility index (Phi) is 6.39. The molecule has 2 atom stereocenters. The topological polar surface area (TPSA) is 21.9 Å². The van der Waals surface area contributed by atoms with Gasteiger partial charge in [0.15, 0.2) is 0 Å². The summed E-state index contributed by atoms with van der Waals surface area (Å²) in [6.45, 7) is 4.67. The van der Waals surface area contributed by atoms with Crippen LogP contribution in [0.25, 0.3) is 60.4 Å². The zero-order chi connectivity index (χ0) is 31.5. The van der Waals surface area contributed by atoms with Crippen molar-refractivity contribution in [2.45, 2.75) is 19.9 Å². The van der Waals surface area contributed by atoms with Crippen molar-refractivity contribution in [2.24, 2.45) is 5.92 Å². The van der Waals surface area contributed by atoms with E-state index in [0.29, 0.717) is 0 Å². The number of hydrogen-bond donors (Lipinski definition) is 1. The molecule has 8 aromatic rings. The average molecular weight is 606 g/mol. The summed E-state index contributed by atoms with van der Waals surface area (Å²) in [6.07, 6.45) is 2.52. The monoisotopic (exact) mass is 605 g/mol. The molecule has 1 aliphatic carbocycles. The van der Waals surface area contributed by atoms with E-state index in [9.17, 15) is 0 Å². The molecule has 9 rings (SSSR count). The van der Waals surface area contributed by atoms with E-state index in [0.717, 1.165) is 5.69 Å². The molecule has 2 heterocycles. The summed E-state index contributed by atoms with van der Waals surface area (Å²) in [6, 6.07) is 54.8. The molecule has 0 bridgehead atoms. The molecule has 0 fully saturated rings. The minimum atomic E-state index is 0.0600. The third-order valence-electron chi connectivity index (χ3n) is 10.1. The number of hydrogen-bond acceptors (Lipinski definition) is 1. The third kappa shape index (κ3) is 4.27. The van der Waals surface area contributed by atoms with Crippen molar-refractivity contribution in [1.29, 1.82) is 0 Å². The molecule has 6 aromatic carbocycles.